The predicted molar refractivity (Wildman–Crippen MR) is 38.8 cm³/mol. The van der Waals surface area contributed by atoms with Crippen molar-refractivity contribution < 1.29 is 15.3 Å². The van der Waals surface area contributed by atoms with E-state index in [2.05, 4.69) is 18.5 Å². The van der Waals surface area contributed by atoms with Crippen LogP contribution in [0.3, 0.4) is 0 Å². The number of carbonyl (C=O) groups excluding carboxylic acids is 1. The molecule has 1 aliphatic heterocycles. The van der Waals surface area contributed by atoms with Crippen molar-refractivity contribution in [1.29, 1.82) is 0 Å². The third-order valence-electron chi connectivity index (χ3n) is 0.903. The van der Waals surface area contributed by atoms with Gasteiger partial charge in [0, 0.05) is 13.0 Å². The van der Waals surface area contributed by atoms with Crippen LogP contribution in [0.2, 0.25) is 0 Å². The van der Waals surface area contributed by atoms with Crippen LogP contribution in [0.1, 0.15) is 12.8 Å². The minimum Gasteiger partial charge on any atom is -0.356 e. The van der Waals surface area contributed by atoms with E-state index in [-0.39, 0.29) is 5.91 Å². The lowest BCUT2D eigenvalue weighted by Gasteiger charge is -1.80. The largest absolute Gasteiger partial charge is 0.356 e. The Bertz CT molecular complexity index is 77.1. The minimum atomic E-state index is 0.204. The standard InChI is InChI=1S/C4H7NO.C2H4.H2O2/c6-4-2-1-3-5-4;2*1-2/h1-3H2,(H,5,6);1-2H2;1-2H. The highest BCUT2D eigenvalue weighted by Gasteiger charge is 2.05. The van der Waals surface area contributed by atoms with Crippen molar-refractivity contribution in [2.45, 2.75) is 12.8 Å². The molecule has 0 aromatic heterocycles. The Morgan fingerprint density at radius 2 is 1.90 bits per heavy atom. The van der Waals surface area contributed by atoms with E-state index in [1.54, 1.807) is 0 Å². The van der Waals surface area contributed by atoms with Crippen LogP contribution in [0, 0.1) is 0 Å². The van der Waals surface area contributed by atoms with Crippen molar-refractivity contribution in [2.24, 2.45) is 0 Å². The van der Waals surface area contributed by atoms with E-state index in [0.717, 1.165) is 19.4 Å². The molecule has 0 aliphatic carbocycles. The van der Waals surface area contributed by atoms with Gasteiger partial charge in [0.25, 0.3) is 0 Å². The molecule has 0 spiro atoms. The molecule has 4 nitrogen and oxygen atoms in total. The van der Waals surface area contributed by atoms with Crippen LogP contribution in [-0.4, -0.2) is 23.0 Å². The maximum Gasteiger partial charge on any atom is 0.220 e. The van der Waals surface area contributed by atoms with Crippen molar-refractivity contribution >= 4 is 5.91 Å². The predicted octanol–water partition coefficient (Wildman–Crippen LogP) is 0.716. The second-order valence-corrected chi connectivity index (χ2v) is 1.45. The molecule has 0 aromatic rings. The van der Waals surface area contributed by atoms with Crippen molar-refractivity contribution in [1.82, 2.24) is 5.32 Å². The summed E-state index contributed by atoms with van der Waals surface area (Å²) in [5.41, 5.74) is 0. The van der Waals surface area contributed by atoms with Gasteiger partial charge in [0.15, 0.2) is 0 Å². The Hall–Kier alpha value is -0.870. The summed E-state index contributed by atoms with van der Waals surface area (Å²) in [4.78, 5) is 10.1. The van der Waals surface area contributed by atoms with Crippen LogP contribution in [0.15, 0.2) is 13.2 Å². The molecule has 3 N–H and O–H groups in total. The molecule has 1 aliphatic rings. The summed E-state index contributed by atoms with van der Waals surface area (Å²) in [5.74, 6) is 0.204. The summed E-state index contributed by atoms with van der Waals surface area (Å²) in [5, 5.41) is 14.7. The van der Waals surface area contributed by atoms with Crippen molar-refractivity contribution in [3.05, 3.63) is 13.2 Å². The first kappa shape index (κ1) is 11.9. The summed E-state index contributed by atoms with van der Waals surface area (Å²) in [7, 11) is 0. The molecule has 4 heteroatoms. The van der Waals surface area contributed by atoms with Crippen molar-refractivity contribution in [3.8, 4) is 0 Å². The van der Waals surface area contributed by atoms with E-state index in [1.165, 1.54) is 0 Å². The van der Waals surface area contributed by atoms with Crippen LogP contribution >= 0.6 is 0 Å². The number of rotatable bonds is 0. The fourth-order valence-electron chi connectivity index (χ4n) is 0.565. The number of amides is 1. The molecular weight excluding hydrogens is 134 g/mol. The maximum absolute atomic E-state index is 10.1. The monoisotopic (exact) mass is 147 g/mol. The lowest BCUT2D eigenvalue weighted by molar-refractivity contribution is -0.176. The first-order chi connectivity index (χ1) is 4.89. The number of nitrogens with one attached hydrogen (secondary N) is 1. The van der Waals surface area contributed by atoms with Gasteiger partial charge in [0.2, 0.25) is 5.91 Å². The molecule has 0 bridgehead atoms. The van der Waals surface area contributed by atoms with Gasteiger partial charge < -0.3 is 5.32 Å². The second-order valence-electron chi connectivity index (χ2n) is 1.45. The molecule has 0 saturated carbocycles. The van der Waals surface area contributed by atoms with Gasteiger partial charge >= 0.3 is 0 Å². The van der Waals surface area contributed by atoms with E-state index in [0.29, 0.717) is 0 Å². The van der Waals surface area contributed by atoms with E-state index < -0.39 is 0 Å². The number of hydrogen-bond acceptors (Lipinski definition) is 3. The van der Waals surface area contributed by atoms with Gasteiger partial charge in [0.05, 0.1) is 0 Å². The smallest absolute Gasteiger partial charge is 0.220 e. The third-order valence-corrected chi connectivity index (χ3v) is 0.903. The first-order valence-corrected chi connectivity index (χ1v) is 2.86. The molecular formula is C6H13NO3. The quantitative estimate of drug-likeness (QED) is 0.268. The molecule has 0 unspecified atom stereocenters. The Morgan fingerprint density at radius 3 is 2.00 bits per heavy atom. The van der Waals surface area contributed by atoms with Crippen molar-refractivity contribution in [2.75, 3.05) is 6.54 Å². The topological polar surface area (TPSA) is 69.6 Å². The SMILES string of the molecule is C=C.O=C1CCCN1.OO. The van der Waals surface area contributed by atoms with Gasteiger partial charge in [-0.25, -0.2) is 0 Å². The zero-order valence-corrected chi connectivity index (χ0v) is 5.84. The van der Waals surface area contributed by atoms with E-state index in [1.807, 2.05) is 0 Å². The Labute approximate surface area is 60.1 Å². The molecule has 60 valence electrons. The van der Waals surface area contributed by atoms with Gasteiger partial charge in [0.1, 0.15) is 0 Å². The highest BCUT2D eigenvalue weighted by atomic mass is 17.0. The maximum atomic E-state index is 10.1. The van der Waals surface area contributed by atoms with E-state index >= 15 is 0 Å². The van der Waals surface area contributed by atoms with E-state index in [4.69, 9.17) is 10.5 Å². The van der Waals surface area contributed by atoms with E-state index in [9.17, 15) is 4.79 Å². The zero-order valence-electron chi connectivity index (χ0n) is 5.84. The van der Waals surface area contributed by atoms with Crippen molar-refractivity contribution in [3.63, 3.8) is 0 Å². The summed E-state index contributed by atoms with van der Waals surface area (Å²) in [6.07, 6.45) is 1.76. The first-order valence-electron chi connectivity index (χ1n) is 2.86. The fraction of sp³-hybridized carbons (Fsp3) is 0.500. The number of hydrogen-bond donors (Lipinski definition) is 3. The lowest BCUT2D eigenvalue weighted by Crippen LogP contribution is -2.12. The van der Waals surface area contributed by atoms with Gasteiger partial charge in [-0.2, -0.15) is 0 Å². The highest BCUT2D eigenvalue weighted by Crippen LogP contribution is 1.93. The van der Waals surface area contributed by atoms with Gasteiger partial charge in [-0.3, -0.25) is 15.3 Å². The molecule has 0 radical (unpaired) electrons. The summed E-state index contributed by atoms with van der Waals surface area (Å²) < 4.78 is 0. The molecule has 10 heavy (non-hydrogen) atoms. The van der Waals surface area contributed by atoms with Gasteiger partial charge in [-0.05, 0) is 6.42 Å². The molecule has 1 amide bonds. The van der Waals surface area contributed by atoms with Gasteiger partial charge in [-0.1, -0.05) is 0 Å². The highest BCUT2D eigenvalue weighted by molar-refractivity contribution is 5.77. The molecule has 1 rings (SSSR count). The van der Waals surface area contributed by atoms with Crippen LogP contribution in [-0.2, 0) is 4.79 Å². The Morgan fingerprint density at radius 1 is 1.40 bits per heavy atom. The van der Waals surface area contributed by atoms with Crippen LogP contribution < -0.4 is 5.32 Å². The Kier molecular flexibility index (Phi) is 13.1. The zero-order chi connectivity index (χ0) is 8.41. The van der Waals surface area contributed by atoms with Crippen LogP contribution in [0.25, 0.3) is 0 Å². The third kappa shape index (κ3) is 7.13. The second kappa shape index (κ2) is 11.0. The Balaban J connectivity index is 0. The average Bonchev–Trinajstić information content (AvgIpc) is 2.48. The van der Waals surface area contributed by atoms with Crippen LogP contribution in [0.4, 0.5) is 0 Å². The van der Waals surface area contributed by atoms with Crippen LogP contribution in [0.5, 0.6) is 0 Å². The molecule has 1 fully saturated rings. The molecule has 0 aromatic carbocycles. The van der Waals surface area contributed by atoms with Gasteiger partial charge in [-0.15, -0.1) is 13.2 Å². The summed E-state index contributed by atoms with van der Waals surface area (Å²) in [6.45, 7) is 6.89. The minimum absolute atomic E-state index is 0.204. The molecule has 1 saturated heterocycles. The molecule has 0 atom stereocenters. The fourth-order valence-corrected chi connectivity index (χ4v) is 0.565. The number of carbonyl (C=O) groups is 1. The summed E-state index contributed by atoms with van der Waals surface area (Å²) in [6, 6.07) is 0. The lowest BCUT2D eigenvalue weighted by atomic mass is 10.4. The molecule has 1 heterocycles. The average molecular weight is 147 g/mol. The summed E-state index contributed by atoms with van der Waals surface area (Å²) >= 11 is 0. The normalized spacial score (nSPS) is 13.6.